The van der Waals surface area contributed by atoms with Gasteiger partial charge in [0.2, 0.25) is 0 Å². The summed E-state index contributed by atoms with van der Waals surface area (Å²) in [6, 6.07) is 13.1. The average Bonchev–Trinajstić information content (AvgIpc) is 3.19. The van der Waals surface area contributed by atoms with Crippen LogP contribution in [0.5, 0.6) is 0 Å². The molecule has 0 fully saturated rings. The van der Waals surface area contributed by atoms with Crippen molar-refractivity contribution in [3.8, 4) is 11.3 Å². The first-order valence-electron chi connectivity index (χ1n) is 10.5. The first kappa shape index (κ1) is 23.0. The summed E-state index contributed by atoms with van der Waals surface area (Å²) in [4.78, 5) is 28.3. The van der Waals surface area contributed by atoms with E-state index < -0.39 is 29.6 Å². The Kier molecular flexibility index (Phi) is 6.35. The highest BCUT2D eigenvalue weighted by Crippen LogP contribution is 2.27. The van der Waals surface area contributed by atoms with Gasteiger partial charge in [0.15, 0.2) is 0 Å². The number of para-hydroxylation sites is 1. The Morgan fingerprint density at radius 2 is 1.91 bits per heavy atom. The second-order valence-electron chi connectivity index (χ2n) is 7.90. The quantitative estimate of drug-likeness (QED) is 0.283. The third kappa shape index (κ3) is 4.36. The highest BCUT2D eigenvalue weighted by atomic mass is 16.6. The molecule has 0 aliphatic carbocycles. The predicted octanol–water partition coefficient (Wildman–Crippen LogP) is 2.68. The van der Waals surface area contributed by atoms with Crippen LogP contribution in [0.25, 0.3) is 22.2 Å². The van der Waals surface area contributed by atoms with Gasteiger partial charge in [0, 0.05) is 35.8 Å². The molecular weight excluding hydrogens is 438 g/mol. The van der Waals surface area contributed by atoms with E-state index >= 15 is 0 Å². The Balaban J connectivity index is 1.67. The summed E-state index contributed by atoms with van der Waals surface area (Å²) in [6.45, 7) is 1.36. The summed E-state index contributed by atoms with van der Waals surface area (Å²) >= 11 is 0. The number of aryl methyl sites for hydroxylation is 1. The van der Waals surface area contributed by atoms with Crippen molar-refractivity contribution in [2.45, 2.75) is 19.1 Å². The van der Waals surface area contributed by atoms with Crippen LogP contribution < -0.4 is 5.32 Å². The van der Waals surface area contributed by atoms with E-state index in [0.717, 1.165) is 11.3 Å². The average molecular weight is 461 g/mol. The van der Waals surface area contributed by atoms with Gasteiger partial charge in [-0.1, -0.05) is 18.2 Å². The minimum Gasteiger partial charge on any atom is -0.394 e. The van der Waals surface area contributed by atoms with Gasteiger partial charge in [-0.3, -0.25) is 19.6 Å². The molecule has 0 spiro atoms. The number of nitrogens with zero attached hydrogens (tertiary/aromatic N) is 4. The number of aromatic nitrogens is 3. The molecular formula is C24H23N5O5. The SMILES string of the molecule is Cc1c(-c2cc(C(=O)NC(CO)C(O)c3ccc([N+](=O)[O-])cc3)c3ccccc3n2)cnn1C. The van der Waals surface area contributed by atoms with Crippen LogP contribution in [0.15, 0.2) is 60.8 Å². The highest BCUT2D eigenvalue weighted by molar-refractivity contribution is 6.07. The largest absolute Gasteiger partial charge is 0.394 e. The summed E-state index contributed by atoms with van der Waals surface area (Å²) in [5.74, 6) is -0.499. The first-order chi connectivity index (χ1) is 16.3. The predicted molar refractivity (Wildman–Crippen MR) is 125 cm³/mol. The molecule has 3 N–H and O–H groups in total. The summed E-state index contributed by atoms with van der Waals surface area (Å²) in [7, 11) is 1.82. The van der Waals surface area contributed by atoms with Crippen LogP contribution in [-0.4, -0.2) is 48.5 Å². The number of benzene rings is 2. The molecule has 0 bridgehead atoms. The molecule has 10 nitrogen and oxygen atoms in total. The Labute approximate surface area is 194 Å². The first-order valence-corrected chi connectivity index (χ1v) is 10.5. The smallest absolute Gasteiger partial charge is 0.269 e. The Morgan fingerprint density at radius 1 is 1.21 bits per heavy atom. The maximum Gasteiger partial charge on any atom is 0.269 e. The van der Waals surface area contributed by atoms with Crippen molar-refractivity contribution in [2.24, 2.45) is 7.05 Å². The van der Waals surface area contributed by atoms with E-state index in [9.17, 15) is 25.1 Å². The monoisotopic (exact) mass is 461 g/mol. The zero-order valence-electron chi connectivity index (χ0n) is 18.5. The van der Waals surface area contributed by atoms with E-state index in [1.54, 1.807) is 35.1 Å². The normalized spacial score (nSPS) is 12.9. The van der Waals surface area contributed by atoms with Crippen molar-refractivity contribution in [3.63, 3.8) is 0 Å². The summed E-state index contributed by atoms with van der Waals surface area (Å²) in [6.07, 6.45) is 0.408. The number of aliphatic hydroxyl groups excluding tert-OH is 2. The van der Waals surface area contributed by atoms with Crippen LogP contribution in [0.1, 0.15) is 27.7 Å². The Hall–Kier alpha value is -4.15. The molecule has 2 heterocycles. The second kappa shape index (κ2) is 9.38. The van der Waals surface area contributed by atoms with Gasteiger partial charge < -0.3 is 15.5 Å². The molecule has 4 aromatic rings. The fraction of sp³-hybridized carbons (Fsp3) is 0.208. The highest BCUT2D eigenvalue weighted by Gasteiger charge is 2.25. The maximum atomic E-state index is 13.3. The number of rotatable bonds is 7. The molecule has 0 saturated heterocycles. The second-order valence-corrected chi connectivity index (χ2v) is 7.90. The van der Waals surface area contributed by atoms with Crippen LogP contribution in [0, 0.1) is 17.0 Å². The minimum absolute atomic E-state index is 0.123. The summed E-state index contributed by atoms with van der Waals surface area (Å²) in [5, 5.41) is 39.0. The molecule has 2 aromatic carbocycles. The third-order valence-electron chi connectivity index (χ3n) is 5.81. The number of amides is 1. The van der Waals surface area contributed by atoms with Gasteiger partial charge in [0.05, 0.1) is 40.5 Å². The molecule has 2 atom stereocenters. The molecule has 0 aliphatic heterocycles. The number of nitro groups is 1. The van der Waals surface area contributed by atoms with Gasteiger partial charge in [-0.2, -0.15) is 5.10 Å². The number of carbonyl (C=O) groups excluding carboxylic acids is 1. The van der Waals surface area contributed by atoms with Gasteiger partial charge in [0.25, 0.3) is 11.6 Å². The van der Waals surface area contributed by atoms with Gasteiger partial charge in [-0.05, 0) is 36.8 Å². The van der Waals surface area contributed by atoms with E-state index in [0.29, 0.717) is 27.7 Å². The molecule has 10 heteroatoms. The molecule has 2 aromatic heterocycles. The standard InChI is InChI=1S/C24H23N5O5/c1-14-19(12-25-28(14)2)21-11-18(17-5-3-4-6-20(17)26-21)24(32)27-22(13-30)23(31)15-7-9-16(10-8-15)29(33)34/h3-12,22-23,30-31H,13H2,1-2H3,(H,27,32). The van der Waals surface area contributed by atoms with Crippen molar-refractivity contribution in [1.29, 1.82) is 0 Å². The molecule has 34 heavy (non-hydrogen) atoms. The van der Waals surface area contributed by atoms with Crippen LogP contribution >= 0.6 is 0 Å². The lowest BCUT2D eigenvalue weighted by atomic mass is 10.0. The third-order valence-corrected chi connectivity index (χ3v) is 5.81. The number of nitro benzene ring substituents is 1. The van der Waals surface area contributed by atoms with Crippen molar-refractivity contribution in [3.05, 3.63) is 87.7 Å². The van der Waals surface area contributed by atoms with E-state index in [1.807, 2.05) is 20.0 Å². The maximum absolute atomic E-state index is 13.3. The van der Waals surface area contributed by atoms with Gasteiger partial charge >= 0.3 is 0 Å². The van der Waals surface area contributed by atoms with E-state index in [1.165, 1.54) is 24.3 Å². The topological polar surface area (TPSA) is 143 Å². The molecule has 1 amide bonds. The van der Waals surface area contributed by atoms with Crippen molar-refractivity contribution >= 4 is 22.5 Å². The van der Waals surface area contributed by atoms with Crippen molar-refractivity contribution in [1.82, 2.24) is 20.1 Å². The fourth-order valence-electron chi connectivity index (χ4n) is 3.75. The number of non-ortho nitro benzene ring substituents is 1. The number of hydrogen-bond acceptors (Lipinski definition) is 7. The molecule has 4 rings (SSSR count). The molecule has 174 valence electrons. The number of carbonyl (C=O) groups is 1. The molecule has 0 saturated carbocycles. The number of pyridine rings is 1. The van der Waals surface area contributed by atoms with Gasteiger partial charge in [-0.15, -0.1) is 0 Å². The summed E-state index contributed by atoms with van der Waals surface area (Å²) < 4.78 is 1.72. The van der Waals surface area contributed by atoms with Gasteiger partial charge in [0.1, 0.15) is 6.10 Å². The number of aliphatic hydroxyl groups is 2. The number of fused-ring (bicyclic) bond motifs is 1. The lowest BCUT2D eigenvalue weighted by molar-refractivity contribution is -0.384. The fourth-order valence-corrected chi connectivity index (χ4v) is 3.75. The van der Waals surface area contributed by atoms with Crippen LogP contribution in [0.3, 0.4) is 0 Å². The zero-order chi connectivity index (χ0) is 24.4. The van der Waals surface area contributed by atoms with Crippen LogP contribution in [0.2, 0.25) is 0 Å². The van der Waals surface area contributed by atoms with Crippen molar-refractivity contribution in [2.75, 3.05) is 6.61 Å². The summed E-state index contributed by atoms with van der Waals surface area (Å²) in [5.41, 5.74) is 3.40. The Bertz CT molecular complexity index is 1370. The van der Waals surface area contributed by atoms with E-state index in [-0.39, 0.29) is 5.69 Å². The van der Waals surface area contributed by atoms with Gasteiger partial charge in [-0.25, -0.2) is 4.98 Å². The molecule has 0 radical (unpaired) electrons. The van der Waals surface area contributed by atoms with E-state index in [4.69, 9.17) is 0 Å². The number of nitrogens with one attached hydrogen (secondary N) is 1. The van der Waals surface area contributed by atoms with Crippen molar-refractivity contribution < 1.29 is 19.9 Å². The van der Waals surface area contributed by atoms with E-state index in [2.05, 4.69) is 15.4 Å². The molecule has 0 aliphatic rings. The van der Waals surface area contributed by atoms with Crippen LogP contribution in [-0.2, 0) is 7.05 Å². The minimum atomic E-state index is -1.28. The van der Waals surface area contributed by atoms with Crippen LogP contribution in [0.4, 0.5) is 5.69 Å². The zero-order valence-corrected chi connectivity index (χ0v) is 18.5. The lowest BCUT2D eigenvalue weighted by Crippen LogP contribution is -2.42. The number of hydrogen-bond donors (Lipinski definition) is 3. The Morgan fingerprint density at radius 3 is 2.53 bits per heavy atom. The molecule has 2 unspecified atom stereocenters. The lowest BCUT2D eigenvalue weighted by Gasteiger charge is -2.23.